The van der Waals surface area contributed by atoms with Gasteiger partial charge in [0.05, 0.1) is 22.1 Å². The Balaban J connectivity index is 2.34. The molecule has 0 aliphatic heterocycles. The first kappa shape index (κ1) is 16.9. The Labute approximate surface area is 136 Å². The summed E-state index contributed by atoms with van der Waals surface area (Å²) in [7, 11) is 0. The van der Waals surface area contributed by atoms with Crippen molar-refractivity contribution in [2.24, 2.45) is 4.99 Å². The number of benzene rings is 2. The number of nitro groups is 2. The van der Waals surface area contributed by atoms with Crippen LogP contribution in [0.3, 0.4) is 0 Å². The van der Waals surface area contributed by atoms with Crippen molar-refractivity contribution in [3.05, 3.63) is 62.2 Å². The third kappa shape index (κ3) is 3.83. The van der Waals surface area contributed by atoms with Crippen LogP contribution >= 0.6 is 0 Å². The van der Waals surface area contributed by atoms with Gasteiger partial charge in [0, 0.05) is 30.0 Å². The zero-order valence-electron chi connectivity index (χ0n) is 12.6. The van der Waals surface area contributed by atoms with Crippen molar-refractivity contribution in [3.8, 4) is 11.5 Å². The highest BCUT2D eigenvalue weighted by Gasteiger charge is 2.19. The van der Waals surface area contributed by atoms with Crippen LogP contribution < -0.4 is 4.74 Å². The average molecular weight is 331 g/mol. The second-order valence-corrected chi connectivity index (χ2v) is 4.61. The first-order chi connectivity index (χ1) is 11.4. The van der Waals surface area contributed by atoms with Crippen LogP contribution in [0, 0.1) is 20.2 Å². The number of aromatic hydroxyl groups is 1. The number of phenolic OH excluding ortho intramolecular Hbond substituents is 1. The molecule has 0 atom stereocenters. The molecule has 2 aromatic carbocycles. The van der Waals surface area contributed by atoms with Gasteiger partial charge in [0.2, 0.25) is 5.75 Å². The molecule has 9 nitrogen and oxygen atoms in total. The minimum atomic E-state index is -0.721. The molecule has 124 valence electrons. The standard InChI is InChI=1S/C15H13N3O6/c1-2-24-14-8-10(7-13(15(14)19)18(22)23)9-16-11-3-5-12(6-4-11)17(20)21/h3-9,19H,2H2,1H3. The lowest BCUT2D eigenvalue weighted by Crippen LogP contribution is -1.97. The largest absolute Gasteiger partial charge is 0.500 e. The maximum atomic E-state index is 11.0. The Bertz CT molecular complexity index is 802. The lowest BCUT2D eigenvalue weighted by atomic mass is 10.2. The molecule has 1 N–H and O–H groups in total. The predicted molar refractivity (Wildman–Crippen MR) is 86.3 cm³/mol. The summed E-state index contributed by atoms with van der Waals surface area (Å²) in [5.74, 6) is -0.564. The first-order valence-electron chi connectivity index (χ1n) is 6.85. The van der Waals surface area contributed by atoms with Gasteiger partial charge >= 0.3 is 5.69 Å². The van der Waals surface area contributed by atoms with E-state index < -0.39 is 21.3 Å². The van der Waals surface area contributed by atoms with Crippen molar-refractivity contribution >= 4 is 23.3 Å². The van der Waals surface area contributed by atoms with Gasteiger partial charge in [-0.3, -0.25) is 25.2 Å². The number of nitro benzene ring substituents is 2. The number of phenols is 1. The molecular formula is C15H13N3O6. The summed E-state index contributed by atoms with van der Waals surface area (Å²) in [5.41, 5.74) is 0.231. The molecule has 0 aliphatic carbocycles. The van der Waals surface area contributed by atoms with Gasteiger partial charge < -0.3 is 9.84 Å². The molecule has 2 rings (SSSR count). The zero-order valence-corrected chi connectivity index (χ0v) is 12.6. The number of nitrogens with zero attached hydrogens (tertiary/aromatic N) is 3. The molecule has 0 aromatic heterocycles. The van der Waals surface area contributed by atoms with E-state index in [0.29, 0.717) is 11.3 Å². The molecule has 0 fully saturated rings. The molecule has 2 aromatic rings. The smallest absolute Gasteiger partial charge is 0.315 e. The van der Waals surface area contributed by atoms with Crippen molar-refractivity contribution in [1.82, 2.24) is 0 Å². The molecular weight excluding hydrogens is 318 g/mol. The zero-order chi connectivity index (χ0) is 17.7. The van der Waals surface area contributed by atoms with E-state index in [2.05, 4.69) is 4.99 Å². The van der Waals surface area contributed by atoms with Gasteiger partial charge in [-0.25, -0.2) is 0 Å². The highest BCUT2D eigenvalue weighted by Crippen LogP contribution is 2.36. The highest BCUT2D eigenvalue weighted by atomic mass is 16.6. The molecule has 0 heterocycles. The highest BCUT2D eigenvalue weighted by molar-refractivity contribution is 5.85. The van der Waals surface area contributed by atoms with Crippen LogP contribution in [-0.4, -0.2) is 27.8 Å². The Kier molecular flexibility index (Phi) is 5.05. The maximum absolute atomic E-state index is 11.0. The quantitative estimate of drug-likeness (QED) is 0.491. The van der Waals surface area contributed by atoms with Crippen molar-refractivity contribution in [2.75, 3.05) is 6.61 Å². The Morgan fingerprint density at radius 2 is 1.83 bits per heavy atom. The van der Waals surface area contributed by atoms with Crippen LogP contribution in [0.1, 0.15) is 12.5 Å². The van der Waals surface area contributed by atoms with Gasteiger partial charge in [-0.05, 0) is 25.1 Å². The minimum absolute atomic E-state index is 0.0168. The number of ether oxygens (including phenoxy) is 1. The molecule has 0 aliphatic rings. The maximum Gasteiger partial charge on any atom is 0.315 e. The SMILES string of the molecule is CCOc1cc(C=Nc2ccc([N+](=O)[O-])cc2)cc([N+](=O)[O-])c1O. The van der Waals surface area contributed by atoms with E-state index in [1.807, 2.05) is 0 Å². The number of rotatable bonds is 6. The molecule has 24 heavy (non-hydrogen) atoms. The lowest BCUT2D eigenvalue weighted by Gasteiger charge is -2.07. The van der Waals surface area contributed by atoms with Gasteiger partial charge in [0.15, 0.2) is 5.75 Å². The average Bonchev–Trinajstić information content (AvgIpc) is 2.55. The first-order valence-corrected chi connectivity index (χ1v) is 6.85. The Morgan fingerprint density at radius 1 is 1.17 bits per heavy atom. The fourth-order valence-electron chi connectivity index (χ4n) is 1.90. The fourth-order valence-corrected chi connectivity index (χ4v) is 1.90. The topological polar surface area (TPSA) is 128 Å². The van der Waals surface area contributed by atoms with Crippen molar-refractivity contribution in [3.63, 3.8) is 0 Å². The van der Waals surface area contributed by atoms with Gasteiger partial charge in [-0.1, -0.05) is 0 Å². The van der Waals surface area contributed by atoms with Crippen LogP contribution in [0.4, 0.5) is 17.1 Å². The Hall–Kier alpha value is -3.49. The molecule has 0 radical (unpaired) electrons. The summed E-state index contributed by atoms with van der Waals surface area (Å²) in [4.78, 5) is 24.4. The van der Waals surface area contributed by atoms with Gasteiger partial charge in [0.1, 0.15) is 0 Å². The van der Waals surface area contributed by atoms with E-state index in [1.165, 1.54) is 36.5 Å². The van der Waals surface area contributed by atoms with E-state index in [4.69, 9.17) is 4.74 Å². The van der Waals surface area contributed by atoms with Gasteiger partial charge in [-0.2, -0.15) is 0 Å². The van der Waals surface area contributed by atoms with Crippen LogP contribution in [0.5, 0.6) is 11.5 Å². The molecule has 0 saturated carbocycles. The molecule has 9 heteroatoms. The summed E-state index contributed by atoms with van der Waals surface area (Å²) in [5, 5.41) is 31.4. The van der Waals surface area contributed by atoms with Crippen LogP contribution in [0.15, 0.2) is 41.4 Å². The number of aliphatic imine (C=N–C) groups is 1. The third-order valence-electron chi connectivity index (χ3n) is 3.00. The van der Waals surface area contributed by atoms with Crippen molar-refractivity contribution in [2.45, 2.75) is 6.92 Å². The second kappa shape index (κ2) is 7.18. The molecule has 0 unspecified atom stereocenters. The predicted octanol–water partition coefficient (Wildman–Crippen LogP) is 3.36. The molecule has 0 bridgehead atoms. The van der Waals surface area contributed by atoms with Crippen molar-refractivity contribution in [1.29, 1.82) is 0 Å². The van der Waals surface area contributed by atoms with E-state index in [9.17, 15) is 25.3 Å². The van der Waals surface area contributed by atoms with E-state index in [1.54, 1.807) is 6.92 Å². The number of non-ortho nitro benzene ring substituents is 1. The van der Waals surface area contributed by atoms with Crippen LogP contribution in [-0.2, 0) is 0 Å². The summed E-state index contributed by atoms with van der Waals surface area (Å²) < 4.78 is 5.17. The number of hydrogen-bond donors (Lipinski definition) is 1. The van der Waals surface area contributed by atoms with Crippen molar-refractivity contribution < 1.29 is 19.7 Å². The molecule has 0 saturated heterocycles. The minimum Gasteiger partial charge on any atom is -0.500 e. The monoisotopic (exact) mass is 331 g/mol. The molecule has 0 spiro atoms. The summed E-state index contributed by atoms with van der Waals surface area (Å²) in [6.07, 6.45) is 1.34. The van der Waals surface area contributed by atoms with Crippen LogP contribution in [0.2, 0.25) is 0 Å². The van der Waals surface area contributed by atoms with E-state index in [-0.39, 0.29) is 18.0 Å². The fraction of sp³-hybridized carbons (Fsp3) is 0.133. The van der Waals surface area contributed by atoms with Gasteiger partial charge in [-0.15, -0.1) is 0 Å². The normalized spacial score (nSPS) is 10.7. The van der Waals surface area contributed by atoms with Gasteiger partial charge in [0.25, 0.3) is 5.69 Å². The summed E-state index contributed by atoms with van der Waals surface area (Å²) >= 11 is 0. The Morgan fingerprint density at radius 3 is 2.38 bits per heavy atom. The van der Waals surface area contributed by atoms with E-state index >= 15 is 0 Å². The number of hydrogen-bond acceptors (Lipinski definition) is 7. The van der Waals surface area contributed by atoms with Crippen LogP contribution in [0.25, 0.3) is 0 Å². The summed E-state index contributed by atoms with van der Waals surface area (Å²) in [6.45, 7) is 1.91. The second-order valence-electron chi connectivity index (χ2n) is 4.61. The third-order valence-corrected chi connectivity index (χ3v) is 3.00. The van der Waals surface area contributed by atoms with E-state index in [0.717, 1.165) is 6.07 Å². The lowest BCUT2D eigenvalue weighted by molar-refractivity contribution is -0.386. The summed E-state index contributed by atoms with van der Waals surface area (Å²) in [6, 6.07) is 8.09. The molecule has 0 amide bonds.